The monoisotopic (exact) mass is 417 g/mol. The Balaban J connectivity index is 1.80. The van der Waals surface area contributed by atoms with Gasteiger partial charge < -0.3 is 14.8 Å². The van der Waals surface area contributed by atoms with Gasteiger partial charge in [-0.15, -0.1) is 0 Å². The van der Waals surface area contributed by atoms with Gasteiger partial charge in [0.2, 0.25) is 0 Å². The summed E-state index contributed by atoms with van der Waals surface area (Å²) in [6.45, 7) is 2.06. The standard InChI is InChI=1S/C20H20BrNO4/c1-14-3-5-15(6-4-14)12-22-19(23)13-26-20(24)10-7-16-11-17(21)8-9-18(16)25-2/h3-11H,12-13H2,1-2H3,(H,22,23)/b10-7+. The van der Waals surface area contributed by atoms with Crippen LogP contribution >= 0.6 is 15.9 Å². The minimum Gasteiger partial charge on any atom is -0.496 e. The molecule has 0 heterocycles. The van der Waals surface area contributed by atoms with Gasteiger partial charge in [-0.3, -0.25) is 4.79 Å². The molecule has 2 aromatic rings. The molecule has 2 rings (SSSR count). The second-order valence-corrected chi connectivity index (χ2v) is 6.51. The van der Waals surface area contributed by atoms with E-state index in [1.165, 1.54) is 6.08 Å². The lowest BCUT2D eigenvalue weighted by Gasteiger charge is -2.06. The van der Waals surface area contributed by atoms with E-state index in [-0.39, 0.29) is 12.5 Å². The zero-order chi connectivity index (χ0) is 18.9. The first-order chi connectivity index (χ1) is 12.5. The molecule has 0 fully saturated rings. The van der Waals surface area contributed by atoms with Gasteiger partial charge in [-0.25, -0.2) is 4.79 Å². The van der Waals surface area contributed by atoms with Gasteiger partial charge in [0.25, 0.3) is 5.91 Å². The molecule has 6 heteroatoms. The van der Waals surface area contributed by atoms with Gasteiger partial charge in [-0.05, 0) is 36.8 Å². The summed E-state index contributed by atoms with van der Waals surface area (Å²) in [4.78, 5) is 23.5. The highest BCUT2D eigenvalue weighted by molar-refractivity contribution is 9.10. The second kappa shape index (κ2) is 9.77. The predicted molar refractivity (Wildman–Crippen MR) is 104 cm³/mol. The van der Waals surface area contributed by atoms with Gasteiger partial charge in [0.05, 0.1) is 7.11 Å². The number of ether oxygens (including phenoxy) is 2. The maximum Gasteiger partial charge on any atom is 0.331 e. The van der Waals surface area contributed by atoms with Crippen LogP contribution in [-0.2, 0) is 20.9 Å². The summed E-state index contributed by atoms with van der Waals surface area (Å²) in [5.74, 6) is -0.321. The number of methoxy groups -OCH3 is 1. The Morgan fingerprint density at radius 2 is 1.88 bits per heavy atom. The van der Waals surface area contributed by atoms with Crippen molar-refractivity contribution >= 4 is 33.9 Å². The molecule has 0 aliphatic heterocycles. The summed E-state index contributed by atoms with van der Waals surface area (Å²) in [5, 5.41) is 2.71. The number of aryl methyl sites for hydroxylation is 1. The molecule has 1 N–H and O–H groups in total. The molecule has 136 valence electrons. The molecule has 0 aliphatic rings. The molecular weight excluding hydrogens is 398 g/mol. The zero-order valence-electron chi connectivity index (χ0n) is 14.6. The number of nitrogens with one attached hydrogen (secondary N) is 1. The van der Waals surface area contributed by atoms with E-state index < -0.39 is 5.97 Å². The fourth-order valence-corrected chi connectivity index (χ4v) is 2.51. The Bertz CT molecular complexity index is 800. The molecule has 2 aromatic carbocycles. The number of amides is 1. The number of esters is 1. The fourth-order valence-electron chi connectivity index (χ4n) is 2.14. The van der Waals surface area contributed by atoms with Gasteiger partial charge in [-0.1, -0.05) is 45.8 Å². The third-order valence-corrected chi connectivity index (χ3v) is 4.04. The van der Waals surface area contributed by atoms with E-state index >= 15 is 0 Å². The van der Waals surface area contributed by atoms with Crippen LogP contribution in [0, 0.1) is 6.92 Å². The molecule has 0 aliphatic carbocycles. The van der Waals surface area contributed by atoms with E-state index in [1.807, 2.05) is 43.3 Å². The molecular formula is C20H20BrNO4. The van der Waals surface area contributed by atoms with Crippen LogP contribution in [0.3, 0.4) is 0 Å². The van der Waals surface area contributed by atoms with Gasteiger partial charge in [-0.2, -0.15) is 0 Å². The summed E-state index contributed by atoms with van der Waals surface area (Å²) < 4.78 is 11.0. The Kier molecular flexibility index (Phi) is 7.41. The largest absolute Gasteiger partial charge is 0.496 e. The van der Waals surface area contributed by atoms with Crippen LogP contribution in [0.4, 0.5) is 0 Å². The average Bonchev–Trinajstić information content (AvgIpc) is 2.64. The molecule has 0 bridgehead atoms. The Morgan fingerprint density at radius 1 is 1.15 bits per heavy atom. The van der Waals surface area contributed by atoms with Crippen molar-refractivity contribution in [1.82, 2.24) is 5.32 Å². The third-order valence-electron chi connectivity index (χ3n) is 3.55. The van der Waals surface area contributed by atoms with Crippen LogP contribution < -0.4 is 10.1 Å². The number of carbonyl (C=O) groups is 2. The van der Waals surface area contributed by atoms with Crippen molar-refractivity contribution in [2.75, 3.05) is 13.7 Å². The first kappa shape index (κ1) is 19.7. The Labute approximate surface area is 161 Å². The molecule has 0 saturated heterocycles. The smallest absolute Gasteiger partial charge is 0.331 e. The molecule has 5 nitrogen and oxygen atoms in total. The van der Waals surface area contributed by atoms with Crippen molar-refractivity contribution in [3.05, 3.63) is 69.7 Å². The van der Waals surface area contributed by atoms with E-state index in [0.717, 1.165) is 21.2 Å². The molecule has 0 aromatic heterocycles. The highest BCUT2D eigenvalue weighted by Crippen LogP contribution is 2.24. The Morgan fingerprint density at radius 3 is 2.58 bits per heavy atom. The van der Waals surface area contributed by atoms with Gasteiger partial charge in [0, 0.05) is 22.7 Å². The quantitative estimate of drug-likeness (QED) is 0.551. The topological polar surface area (TPSA) is 64.6 Å². The van der Waals surface area contributed by atoms with Crippen molar-refractivity contribution in [2.24, 2.45) is 0 Å². The van der Waals surface area contributed by atoms with Crippen molar-refractivity contribution < 1.29 is 19.1 Å². The molecule has 26 heavy (non-hydrogen) atoms. The summed E-state index contributed by atoms with van der Waals surface area (Å²) >= 11 is 3.36. The molecule has 0 atom stereocenters. The highest BCUT2D eigenvalue weighted by Gasteiger charge is 2.06. The summed E-state index contributed by atoms with van der Waals surface area (Å²) in [7, 11) is 1.55. The van der Waals surface area contributed by atoms with E-state index in [9.17, 15) is 9.59 Å². The summed E-state index contributed by atoms with van der Waals surface area (Å²) in [6.07, 6.45) is 2.84. The molecule has 0 radical (unpaired) electrons. The first-order valence-corrected chi connectivity index (χ1v) is 8.78. The fraction of sp³-hybridized carbons (Fsp3) is 0.200. The van der Waals surface area contributed by atoms with Crippen molar-refractivity contribution in [3.8, 4) is 5.75 Å². The van der Waals surface area contributed by atoms with Crippen LogP contribution in [0.25, 0.3) is 6.08 Å². The van der Waals surface area contributed by atoms with E-state index in [2.05, 4.69) is 21.2 Å². The van der Waals surface area contributed by atoms with Crippen LogP contribution in [0.15, 0.2) is 53.0 Å². The third kappa shape index (κ3) is 6.37. The van der Waals surface area contributed by atoms with Crippen molar-refractivity contribution in [2.45, 2.75) is 13.5 Å². The minimum atomic E-state index is -0.600. The van der Waals surface area contributed by atoms with Crippen molar-refractivity contribution in [1.29, 1.82) is 0 Å². The second-order valence-electron chi connectivity index (χ2n) is 5.59. The van der Waals surface area contributed by atoms with Crippen LogP contribution in [0.2, 0.25) is 0 Å². The first-order valence-electron chi connectivity index (χ1n) is 7.98. The number of rotatable bonds is 7. The average molecular weight is 418 g/mol. The van der Waals surface area contributed by atoms with Gasteiger partial charge >= 0.3 is 5.97 Å². The zero-order valence-corrected chi connectivity index (χ0v) is 16.2. The lowest BCUT2D eigenvalue weighted by molar-refractivity contribution is -0.143. The summed E-state index contributed by atoms with van der Waals surface area (Å²) in [5.41, 5.74) is 2.86. The molecule has 1 amide bonds. The van der Waals surface area contributed by atoms with Gasteiger partial charge in [0.1, 0.15) is 5.75 Å². The maximum atomic E-state index is 11.8. The van der Waals surface area contributed by atoms with Crippen molar-refractivity contribution in [3.63, 3.8) is 0 Å². The minimum absolute atomic E-state index is 0.329. The number of hydrogen-bond acceptors (Lipinski definition) is 4. The lowest BCUT2D eigenvalue weighted by atomic mass is 10.1. The van der Waals surface area contributed by atoms with E-state index in [1.54, 1.807) is 19.3 Å². The van der Waals surface area contributed by atoms with Gasteiger partial charge in [0.15, 0.2) is 6.61 Å². The highest BCUT2D eigenvalue weighted by atomic mass is 79.9. The normalized spacial score (nSPS) is 10.6. The van der Waals surface area contributed by atoms with Crippen LogP contribution in [0.5, 0.6) is 5.75 Å². The number of benzene rings is 2. The molecule has 0 unspecified atom stereocenters. The number of hydrogen-bond donors (Lipinski definition) is 1. The number of halogens is 1. The lowest BCUT2D eigenvalue weighted by Crippen LogP contribution is -2.28. The SMILES string of the molecule is COc1ccc(Br)cc1/C=C/C(=O)OCC(=O)NCc1ccc(C)cc1. The van der Waals surface area contributed by atoms with Crippen LogP contribution in [-0.4, -0.2) is 25.6 Å². The summed E-state index contributed by atoms with van der Waals surface area (Å²) in [6, 6.07) is 13.3. The maximum absolute atomic E-state index is 11.8. The predicted octanol–water partition coefficient (Wildman–Crippen LogP) is 3.64. The van der Waals surface area contributed by atoms with E-state index in [0.29, 0.717) is 12.3 Å². The number of carbonyl (C=O) groups excluding carboxylic acids is 2. The molecule has 0 spiro atoms. The Hall–Kier alpha value is -2.60. The van der Waals surface area contributed by atoms with Crippen LogP contribution in [0.1, 0.15) is 16.7 Å². The van der Waals surface area contributed by atoms with E-state index in [4.69, 9.17) is 9.47 Å². The molecule has 0 saturated carbocycles.